The van der Waals surface area contributed by atoms with Crippen LogP contribution < -0.4 is 15.4 Å². The van der Waals surface area contributed by atoms with E-state index in [4.69, 9.17) is 4.74 Å². The molecule has 0 aromatic heterocycles. The number of anilines is 2. The number of likely N-dealkylation sites (N-methyl/N-ethyl adjacent to an activating group) is 1. The first-order valence-electron chi connectivity index (χ1n) is 13.9. The Morgan fingerprint density at radius 2 is 1.73 bits per heavy atom. The summed E-state index contributed by atoms with van der Waals surface area (Å²) in [5.41, 5.74) is 2.89. The third-order valence-corrected chi connectivity index (χ3v) is 6.93. The van der Waals surface area contributed by atoms with Gasteiger partial charge in [-0.1, -0.05) is 36.4 Å². The number of carbonyl (C=O) groups excluding carboxylic acids is 2. The molecule has 0 saturated carbocycles. The molecule has 2 amide bonds. The summed E-state index contributed by atoms with van der Waals surface area (Å²) in [5.74, 6) is -1.07. The molecule has 3 aromatic rings. The number of carbonyl (C=O) groups is 2. The number of ether oxygens (including phenoxy) is 2. The second-order valence-electron chi connectivity index (χ2n) is 10.1. The van der Waals surface area contributed by atoms with E-state index in [-0.39, 0.29) is 17.6 Å². The van der Waals surface area contributed by atoms with Gasteiger partial charge >= 0.3 is 6.36 Å². The number of halogens is 3. The summed E-state index contributed by atoms with van der Waals surface area (Å²) in [6.07, 6.45) is -1.75. The molecule has 1 heterocycles. The van der Waals surface area contributed by atoms with E-state index >= 15 is 0 Å². The van der Waals surface area contributed by atoms with E-state index in [0.29, 0.717) is 42.4 Å². The van der Waals surface area contributed by atoms with E-state index in [0.717, 1.165) is 37.3 Å². The highest BCUT2D eigenvalue weighted by molar-refractivity contribution is 6.03. The molecule has 1 atom stereocenters. The molecule has 232 valence electrons. The van der Waals surface area contributed by atoms with Gasteiger partial charge < -0.3 is 20.1 Å². The minimum atomic E-state index is -4.81. The Bertz CT molecular complexity index is 1440. The fourth-order valence-corrected chi connectivity index (χ4v) is 4.66. The molecule has 2 N–H and O–H groups in total. The first kappa shape index (κ1) is 32.4. The molecule has 1 fully saturated rings. The molecule has 12 heteroatoms. The van der Waals surface area contributed by atoms with Gasteiger partial charge in [-0.05, 0) is 67.4 Å². The van der Waals surface area contributed by atoms with E-state index in [1.165, 1.54) is 18.2 Å². The number of rotatable bonds is 12. The van der Waals surface area contributed by atoms with Crippen molar-refractivity contribution in [3.8, 4) is 5.75 Å². The van der Waals surface area contributed by atoms with Gasteiger partial charge in [0, 0.05) is 37.9 Å². The maximum Gasteiger partial charge on any atom is 0.573 e. The summed E-state index contributed by atoms with van der Waals surface area (Å²) in [6.45, 7) is 7.76. The Hall–Kier alpha value is -4.52. The van der Waals surface area contributed by atoms with Gasteiger partial charge in [0.15, 0.2) is 0 Å². The van der Waals surface area contributed by atoms with E-state index in [2.05, 4.69) is 32.0 Å². The zero-order chi connectivity index (χ0) is 31.5. The summed E-state index contributed by atoms with van der Waals surface area (Å²) in [4.78, 5) is 34.1. The predicted octanol–water partition coefficient (Wildman–Crippen LogP) is 5.51. The molecular weight excluding hydrogens is 575 g/mol. The smallest absolute Gasteiger partial charge is 0.406 e. The quantitative estimate of drug-likeness (QED) is 0.208. The van der Waals surface area contributed by atoms with Crippen LogP contribution in [-0.4, -0.2) is 81.1 Å². The number of aliphatic imine (C=N–C) groups is 1. The van der Waals surface area contributed by atoms with Gasteiger partial charge in [-0.25, -0.2) is 0 Å². The van der Waals surface area contributed by atoms with Gasteiger partial charge in [0.2, 0.25) is 11.8 Å². The van der Waals surface area contributed by atoms with Crippen molar-refractivity contribution in [3.63, 3.8) is 0 Å². The highest BCUT2D eigenvalue weighted by atomic mass is 19.4. The minimum absolute atomic E-state index is 0.329. The number of hydrogen-bond acceptors (Lipinski definition) is 7. The monoisotopic (exact) mass is 609 g/mol. The molecule has 0 spiro atoms. The van der Waals surface area contributed by atoms with Gasteiger partial charge in [-0.2, -0.15) is 0 Å². The number of amides is 2. The molecule has 0 bridgehead atoms. The predicted molar refractivity (Wildman–Crippen MR) is 164 cm³/mol. The van der Waals surface area contributed by atoms with Crippen LogP contribution in [0.5, 0.6) is 5.75 Å². The van der Waals surface area contributed by atoms with E-state index in [9.17, 15) is 22.8 Å². The molecule has 3 aromatic carbocycles. The molecular formula is C32H34F3N5O4. The molecule has 9 nitrogen and oxygen atoms in total. The third kappa shape index (κ3) is 9.76. The minimum Gasteiger partial charge on any atom is -0.406 e. The highest BCUT2D eigenvalue weighted by Gasteiger charge is 2.31. The lowest BCUT2D eigenvalue weighted by Crippen LogP contribution is -2.43. The van der Waals surface area contributed by atoms with E-state index in [1.54, 1.807) is 42.5 Å². The van der Waals surface area contributed by atoms with Crippen LogP contribution in [0.1, 0.15) is 17.2 Å². The SMILES string of the molecule is C=Nc1ccccc1NC(=O)/C=C/c1ccc(C(C(=O)Nc2ccc(OC(F)(F)F)cc2)N(C)CCN2CCOCC2)cc1. The second kappa shape index (κ2) is 15.3. The van der Waals surface area contributed by atoms with Crippen LogP contribution in [0.15, 0.2) is 83.9 Å². The van der Waals surface area contributed by atoms with Gasteiger partial charge in [0.1, 0.15) is 11.8 Å². The Labute approximate surface area is 254 Å². The van der Waals surface area contributed by atoms with Crippen LogP contribution in [-0.2, 0) is 14.3 Å². The fraction of sp³-hybridized carbons (Fsp3) is 0.281. The molecule has 1 aliphatic heterocycles. The van der Waals surface area contributed by atoms with Crippen molar-refractivity contribution >= 4 is 41.7 Å². The van der Waals surface area contributed by atoms with Gasteiger partial charge in [0.05, 0.1) is 24.6 Å². The van der Waals surface area contributed by atoms with Crippen LogP contribution >= 0.6 is 0 Å². The van der Waals surface area contributed by atoms with Crippen molar-refractivity contribution < 1.29 is 32.2 Å². The number of para-hydroxylation sites is 2. The first-order chi connectivity index (χ1) is 21.1. The highest BCUT2D eigenvalue weighted by Crippen LogP contribution is 2.27. The average molecular weight is 610 g/mol. The lowest BCUT2D eigenvalue weighted by molar-refractivity contribution is -0.274. The lowest BCUT2D eigenvalue weighted by atomic mass is 10.0. The largest absolute Gasteiger partial charge is 0.573 e. The maximum absolute atomic E-state index is 13.6. The van der Waals surface area contributed by atoms with Gasteiger partial charge in [-0.3, -0.25) is 24.4 Å². The number of nitrogens with one attached hydrogen (secondary N) is 2. The van der Waals surface area contributed by atoms with Crippen LogP contribution in [0.2, 0.25) is 0 Å². The molecule has 44 heavy (non-hydrogen) atoms. The number of morpholine rings is 1. The zero-order valence-electron chi connectivity index (χ0n) is 24.2. The Kier molecular flexibility index (Phi) is 11.2. The summed E-state index contributed by atoms with van der Waals surface area (Å²) in [7, 11) is 1.85. The summed E-state index contributed by atoms with van der Waals surface area (Å²) >= 11 is 0. The Morgan fingerprint density at radius 3 is 2.39 bits per heavy atom. The van der Waals surface area contributed by atoms with Crippen molar-refractivity contribution in [1.82, 2.24) is 9.80 Å². The molecule has 0 aliphatic carbocycles. The summed E-state index contributed by atoms with van der Waals surface area (Å²) < 4.78 is 47.0. The molecule has 1 saturated heterocycles. The molecule has 4 rings (SSSR count). The molecule has 0 radical (unpaired) electrons. The van der Waals surface area contributed by atoms with Gasteiger partial charge in [0.25, 0.3) is 0 Å². The van der Waals surface area contributed by atoms with Crippen molar-refractivity contribution in [2.45, 2.75) is 12.4 Å². The normalized spacial score (nSPS) is 14.8. The number of nitrogens with zero attached hydrogens (tertiary/aromatic N) is 3. The zero-order valence-corrected chi connectivity index (χ0v) is 24.2. The van der Waals surface area contributed by atoms with Gasteiger partial charge in [-0.15, -0.1) is 13.2 Å². The van der Waals surface area contributed by atoms with Crippen molar-refractivity contribution in [3.05, 3.63) is 90.0 Å². The second-order valence-corrected chi connectivity index (χ2v) is 10.1. The van der Waals surface area contributed by atoms with Crippen molar-refractivity contribution in [2.24, 2.45) is 4.99 Å². The van der Waals surface area contributed by atoms with E-state index in [1.807, 2.05) is 24.1 Å². The number of hydrogen-bond donors (Lipinski definition) is 2. The Morgan fingerprint density at radius 1 is 1.05 bits per heavy atom. The molecule has 1 unspecified atom stereocenters. The van der Waals surface area contributed by atoms with Crippen LogP contribution in [0.3, 0.4) is 0 Å². The summed E-state index contributed by atoms with van der Waals surface area (Å²) in [5, 5.41) is 5.58. The third-order valence-electron chi connectivity index (χ3n) is 6.93. The summed E-state index contributed by atoms with van der Waals surface area (Å²) in [6, 6.07) is 18.6. The van der Waals surface area contributed by atoms with Crippen molar-refractivity contribution in [1.29, 1.82) is 0 Å². The number of alkyl halides is 3. The average Bonchev–Trinajstić information content (AvgIpc) is 3.01. The topological polar surface area (TPSA) is 95.5 Å². The van der Waals surface area contributed by atoms with Crippen LogP contribution in [0.4, 0.5) is 30.2 Å². The fourth-order valence-electron chi connectivity index (χ4n) is 4.66. The van der Waals surface area contributed by atoms with Crippen LogP contribution in [0, 0.1) is 0 Å². The number of benzene rings is 3. The van der Waals surface area contributed by atoms with E-state index < -0.39 is 12.4 Å². The molecule has 1 aliphatic rings. The van der Waals surface area contributed by atoms with Crippen molar-refractivity contribution in [2.75, 3.05) is 57.1 Å². The Balaban J connectivity index is 1.46. The first-order valence-corrected chi connectivity index (χ1v) is 13.9. The van der Waals surface area contributed by atoms with Crippen LogP contribution in [0.25, 0.3) is 6.08 Å². The lowest BCUT2D eigenvalue weighted by Gasteiger charge is -2.32. The standard InChI is InChI=1S/C32H34F3N5O4/c1-36-27-5-3-4-6-28(27)38-29(41)16-9-23-7-10-24(11-8-23)30(39(2)17-18-40-19-21-43-22-20-40)31(42)37-25-12-14-26(15-13-25)44-32(33,34)35/h3-16,30H,1,17-22H2,2H3,(H,37,42)(H,38,41)/b16-9+. The maximum atomic E-state index is 13.6.